The molecule has 0 bridgehead atoms. The molecule has 0 aromatic rings. The summed E-state index contributed by atoms with van der Waals surface area (Å²) in [4.78, 5) is 0. The van der Waals surface area contributed by atoms with E-state index in [9.17, 15) is 3.89 Å². The summed E-state index contributed by atoms with van der Waals surface area (Å²) >= 11 is 0.286. The van der Waals surface area contributed by atoms with Gasteiger partial charge in [0.25, 0.3) is 0 Å². The Kier molecular flexibility index (Phi) is 4.77. The van der Waals surface area contributed by atoms with Gasteiger partial charge in [-0.25, -0.2) is 0 Å². The van der Waals surface area contributed by atoms with Gasteiger partial charge in [0.05, 0.1) is 0 Å². The van der Waals surface area contributed by atoms with Crippen LogP contribution in [0.1, 0.15) is 6.92 Å². The quantitative estimate of drug-likeness (QED) is 0.434. The van der Waals surface area contributed by atoms with E-state index in [-0.39, 0.29) is 11.2 Å². The van der Waals surface area contributed by atoms with Crippen LogP contribution >= 0.6 is 22.0 Å². The molecule has 0 amide bonds. The predicted octanol–water partition coefficient (Wildman–Crippen LogP) is 2.83. The molecule has 0 unspecified atom stereocenters. The molecule has 3 heteroatoms. The molecule has 0 saturated carbocycles. The van der Waals surface area contributed by atoms with Gasteiger partial charge >= 0.3 is 0 Å². The molecule has 0 aromatic carbocycles. The first-order valence-electron chi connectivity index (χ1n) is 1.82. The molecule has 0 saturated heterocycles. The second-order valence-electron chi connectivity index (χ2n) is 1.28. The van der Waals surface area contributed by atoms with E-state index in [4.69, 9.17) is 0 Å². The van der Waals surface area contributed by atoms with Gasteiger partial charge in [0, 0.05) is 5.75 Å². The molecule has 0 aliphatic heterocycles. The Balaban J connectivity index is 2.82. The molecule has 7 heavy (non-hydrogen) atoms. The highest BCUT2D eigenvalue weighted by Gasteiger charge is 1.85. The standard InChI is InChI=1S/C4H7FS2/c1-4(2)3-6-7-5/h1,3H2,2H3. The van der Waals surface area contributed by atoms with Gasteiger partial charge in [-0.15, -0.1) is 0 Å². The Hall–Kier alpha value is 0.370. The molecule has 0 aliphatic rings. The number of hydrogen-bond acceptors (Lipinski definition) is 2. The van der Waals surface area contributed by atoms with Gasteiger partial charge in [-0.05, 0) is 6.92 Å². The van der Waals surface area contributed by atoms with E-state index in [1.165, 1.54) is 10.8 Å². The van der Waals surface area contributed by atoms with Gasteiger partial charge in [0.1, 0.15) is 11.2 Å². The third kappa shape index (κ3) is 6.37. The predicted molar refractivity (Wildman–Crippen MR) is 36.0 cm³/mol. The molecule has 42 valence electrons. The fourth-order valence-electron chi connectivity index (χ4n) is 0.123. The Morgan fingerprint density at radius 3 is 2.57 bits per heavy atom. The minimum Gasteiger partial charge on any atom is -0.153 e. The van der Waals surface area contributed by atoms with Crippen molar-refractivity contribution in [1.29, 1.82) is 0 Å². The highest BCUT2D eigenvalue weighted by molar-refractivity contribution is 8.74. The molecular weight excluding hydrogens is 131 g/mol. The third-order valence-corrected chi connectivity index (χ3v) is 1.67. The number of halogens is 1. The number of rotatable bonds is 3. The van der Waals surface area contributed by atoms with E-state index in [0.29, 0.717) is 5.75 Å². The second-order valence-corrected chi connectivity index (χ2v) is 3.02. The topological polar surface area (TPSA) is 0 Å². The zero-order valence-electron chi connectivity index (χ0n) is 4.11. The molecule has 0 heterocycles. The zero-order chi connectivity index (χ0) is 5.70. The summed E-state index contributed by atoms with van der Waals surface area (Å²) in [7, 11) is 1.17. The van der Waals surface area contributed by atoms with Crippen LogP contribution in [0.2, 0.25) is 0 Å². The van der Waals surface area contributed by atoms with E-state index in [1.807, 2.05) is 6.92 Å². The van der Waals surface area contributed by atoms with Crippen LogP contribution in [-0.2, 0) is 0 Å². The van der Waals surface area contributed by atoms with Gasteiger partial charge in [0.15, 0.2) is 0 Å². The van der Waals surface area contributed by atoms with Crippen LogP contribution in [0.5, 0.6) is 0 Å². The summed E-state index contributed by atoms with van der Waals surface area (Å²) in [6.07, 6.45) is 0. The van der Waals surface area contributed by atoms with Crippen LogP contribution in [0.25, 0.3) is 0 Å². The molecule has 0 aliphatic carbocycles. The monoisotopic (exact) mass is 138 g/mol. The van der Waals surface area contributed by atoms with E-state index < -0.39 is 0 Å². The number of hydrogen-bond donors (Lipinski definition) is 0. The van der Waals surface area contributed by atoms with Crippen molar-refractivity contribution < 1.29 is 3.89 Å². The van der Waals surface area contributed by atoms with Crippen molar-refractivity contribution in [3.63, 3.8) is 0 Å². The van der Waals surface area contributed by atoms with Crippen molar-refractivity contribution in [2.45, 2.75) is 6.92 Å². The first-order chi connectivity index (χ1) is 3.27. The van der Waals surface area contributed by atoms with Crippen LogP contribution in [0.3, 0.4) is 0 Å². The first kappa shape index (κ1) is 7.37. The van der Waals surface area contributed by atoms with Gasteiger partial charge < -0.3 is 0 Å². The van der Waals surface area contributed by atoms with Crippen molar-refractivity contribution in [3.8, 4) is 0 Å². The smallest absolute Gasteiger partial charge is 0.115 e. The molecule has 0 fully saturated rings. The maximum absolute atomic E-state index is 11.2. The van der Waals surface area contributed by atoms with Crippen LogP contribution in [0, 0.1) is 0 Å². The normalized spacial score (nSPS) is 8.86. The van der Waals surface area contributed by atoms with Gasteiger partial charge in [-0.2, -0.15) is 3.89 Å². The molecule has 0 nitrogen and oxygen atoms in total. The minimum atomic E-state index is 0.286. The van der Waals surface area contributed by atoms with E-state index in [0.717, 1.165) is 5.57 Å². The molecule has 0 rings (SSSR count). The van der Waals surface area contributed by atoms with Crippen LogP contribution in [0.15, 0.2) is 12.2 Å². The van der Waals surface area contributed by atoms with E-state index in [1.54, 1.807) is 0 Å². The zero-order valence-corrected chi connectivity index (χ0v) is 5.74. The molecule has 0 aromatic heterocycles. The van der Waals surface area contributed by atoms with Crippen molar-refractivity contribution in [2.75, 3.05) is 5.75 Å². The lowest BCUT2D eigenvalue weighted by Crippen LogP contribution is -1.70. The molecule has 0 atom stereocenters. The van der Waals surface area contributed by atoms with Crippen molar-refractivity contribution in [3.05, 3.63) is 12.2 Å². The fourth-order valence-corrected chi connectivity index (χ4v) is 1.11. The van der Waals surface area contributed by atoms with E-state index >= 15 is 0 Å². The summed E-state index contributed by atoms with van der Waals surface area (Å²) in [6, 6.07) is 0. The van der Waals surface area contributed by atoms with Gasteiger partial charge in [-0.1, -0.05) is 22.9 Å². The van der Waals surface area contributed by atoms with Crippen LogP contribution in [0.4, 0.5) is 3.89 Å². The van der Waals surface area contributed by atoms with Crippen LogP contribution in [-0.4, -0.2) is 5.75 Å². The lowest BCUT2D eigenvalue weighted by atomic mass is 10.4. The Bertz CT molecular complexity index is 62.7. The highest BCUT2D eigenvalue weighted by Crippen LogP contribution is 2.23. The molecule has 0 radical (unpaired) electrons. The first-order valence-corrected chi connectivity index (χ1v) is 4.04. The maximum atomic E-state index is 11.2. The van der Waals surface area contributed by atoms with Crippen molar-refractivity contribution >= 4 is 22.0 Å². The Labute approximate surface area is 51.3 Å². The third-order valence-electron chi connectivity index (χ3n) is 0.350. The summed E-state index contributed by atoms with van der Waals surface area (Å²) < 4.78 is 11.2. The fraction of sp³-hybridized carbons (Fsp3) is 0.500. The van der Waals surface area contributed by atoms with Gasteiger partial charge in [0.2, 0.25) is 0 Å². The molecular formula is C4H7FS2. The summed E-state index contributed by atoms with van der Waals surface area (Å²) in [5.41, 5.74) is 1.01. The maximum Gasteiger partial charge on any atom is 0.115 e. The SMILES string of the molecule is C=C(C)CSSF. The Morgan fingerprint density at radius 2 is 2.43 bits per heavy atom. The van der Waals surface area contributed by atoms with Gasteiger partial charge in [-0.3, -0.25) is 0 Å². The highest BCUT2D eigenvalue weighted by atomic mass is 33.1. The Morgan fingerprint density at radius 1 is 1.86 bits per heavy atom. The second kappa shape index (κ2) is 4.53. The van der Waals surface area contributed by atoms with Crippen molar-refractivity contribution in [2.24, 2.45) is 0 Å². The average Bonchev–Trinajstić information content (AvgIpc) is 1.61. The molecule has 0 spiro atoms. The lowest BCUT2D eigenvalue weighted by Gasteiger charge is -1.88. The molecule has 0 N–H and O–H groups in total. The summed E-state index contributed by atoms with van der Waals surface area (Å²) in [5.74, 6) is 0.709. The van der Waals surface area contributed by atoms with Crippen molar-refractivity contribution in [1.82, 2.24) is 0 Å². The average molecular weight is 138 g/mol. The van der Waals surface area contributed by atoms with Crippen LogP contribution < -0.4 is 0 Å². The summed E-state index contributed by atoms with van der Waals surface area (Å²) in [6.45, 7) is 5.47. The minimum absolute atomic E-state index is 0.286. The largest absolute Gasteiger partial charge is 0.153 e. The van der Waals surface area contributed by atoms with E-state index in [2.05, 4.69) is 6.58 Å². The summed E-state index contributed by atoms with van der Waals surface area (Å²) in [5, 5.41) is 0. The lowest BCUT2D eigenvalue weighted by molar-refractivity contribution is 0.953.